The standard InChI is InChI=1S/C18H20N2O2S/c21-17-6-3-5-14-15(17)7-8-16(14)20-18(22)9-11-23-12-13-4-1-2-10-19-13/h1-6,10,16,21H,7-9,11-12H2,(H,20,22)/t16-/m0/s1. The first-order valence-corrected chi connectivity index (χ1v) is 8.97. The summed E-state index contributed by atoms with van der Waals surface area (Å²) < 4.78 is 0. The number of thioether (sulfide) groups is 1. The Kier molecular flexibility index (Phi) is 5.18. The van der Waals surface area contributed by atoms with Crippen LogP contribution in [0.2, 0.25) is 0 Å². The zero-order valence-electron chi connectivity index (χ0n) is 12.9. The first kappa shape index (κ1) is 15.9. The van der Waals surface area contributed by atoms with Crippen LogP contribution in [0, 0.1) is 0 Å². The third-order valence-electron chi connectivity index (χ3n) is 4.03. The number of carbonyl (C=O) groups is 1. The fourth-order valence-corrected chi connectivity index (χ4v) is 3.73. The van der Waals surface area contributed by atoms with E-state index in [1.165, 1.54) is 0 Å². The van der Waals surface area contributed by atoms with Gasteiger partial charge in [-0.05, 0) is 42.2 Å². The van der Waals surface area contributed by atoms with Crippen LogP contribution in [-0.2, 0) is 17.0 Å². The zero-order chi connectivity index (χ0) is 16.1. The van der Waals surface area contributed by atoms with Crippen LogP contribution in [0.5, 0.6) is 5.75 Å². The van der Waals surface area contributed by atoms with E-state index in [0.717, 1.165) is 41.2 Å². The van der Waals surface area contributed by atoms with E-state index in [2.05, 4.69) is 10.3 Å². The molecule has 0 unspecified atom stereocenters. The number of phenolic OH excluding ortho intramolecular Hbond substituents is 1. The van der Waals surface area contributed by atoms with E-state index >= 15 is 0 Å². The van der Waals surface area contributed by atoms with Gasteiger partial charge in [0.25, 0.3) is 0 Å². The van der Waals surface area contributed by atoms with Crippen molar-refractivity contribution >= 4 is 17.7 Å². The van der Waals surface area contributed by atoms with E-state index in [-0.39, 0.29) is 11.9 Å². The topological polar surface area (TPSA) is 62.2 Å². The number of hydrogen-bond acceptors (Lipinski definition) is 4. The number of aromatic hydroxyl groups is 1. The van der Waals surface area contributed by atoms with Crippen LogP contribution in [0.1, 0.15) is 35.7 Å². The number of rotatable bonds is 6. The van der Waals surface area contributed by atoms with Gasteiger partial charge in [-0.2, -0.15) is 11.8 Å². The van der Waals surface area contributed by atoms with Crippen LogP contribution in [0.4, 0.5) is 0 Å². The number of aromatic nitrogens is 1. The quantitative estimate of drug-likeness (QED) is 0.799. The molecule has 1 heterocycles. The second kappa shape index (κ2) is 7.51. The Bertz CT molecular complexity index is 676. The summed E-state index contributed by atoms with van der Waals surface area (Å²) in [4.78, 5) is 16.4. The molecule has 2 N–H and O–H groups in total. The molecule has 4 nitrogen and oxygen atoms in total. The first-order chi connectivity index (χ1) is 11.2. The van der Waals surface area contributed by atoms with Crippen molar-refractivity contribution in [1.29, 1.82) is 0 Å². The molecular weight excluding hydrogens is 308 g/mol. The fourth-order valence-electron chi connectivity index (χ4n) is 2.88. The molecule has 23 heavy (non-hydrogen) atoms. The zero-order valence-corrected chi connectivity index (χ0v) is 13.7. The summed E-state index contributed by atoms with van der Waals surface area (Å²) in [5.41, 5.74) is 3.07. The van der Waals surface area contributed by atoms with Crippen molar-refractivity contribution in [3.05, 3.63) is 59.4 Å². The third-order valence-corrected chi connectivity index (χ3v) is 5.02. The molecule has 0 spiro atoms. The van der Waals surface area contributed by atoms with E-state index < -0.39 is 0 Å². The maximum Gasteiger partial charge on any atom is 0.221 e. The Morgan fingerprint density at radius 3 is 3.04 bits per heavy atom. The molecule has 0 saturated carbocycles. The lowest BCUT2D eigenvalue weighted by Crippen LogP contribution is -2.27. The predicted octanol–water partition coefficient (Wildman–Crippen LogP) is 3.21. The number of nitrogens with zero attached hydrogens (tertiary/aromatic N) is 1. The van der Waals surface area contributed by atoms with Crippen LogP contribution in [0.3, 0.4) is 0 Å². The summed E-state index contributed by atoms with van der Waals surface area (Å²) in [6.45, 7) is 0. The van der Waals surface area contributed by atoms with Gasteiger partial charge < -0.3 is 10.4 Å². The van der Waals surface area contributed by atoms with E-state index in [9.17, 15) is 9.90 Å². The van der Waals surface area contributed by atoms with Gasteiger partial charge in [0.15, 0.2) is 0 Å². The minimum atomic E-state index is 0.0328. The highest BCUT2D eigenvalue weighted by atomic mass is 32.2. The maximum atomic E-state index is 12.1. The Morgan fingerprint density at radius 2 is 2.22 bits per heavy atom. The molecule has 0 fully saturated rings. The minimum absolute atomic E-state index is 0.0328. The van der Waals surface area contributed by atoms with Crippen molar-refractivity contribution in [2.45, 2.75) is 31.1 Å². The number of nitrogens with one attached hydrogen (secondary N) is 1. The van der Waals surface area contributed by atoms with Crippen LogP contribution < -0.4 is 5.32 Å². The van der Waals surface area contributed by atoms with Gasteiger partial charge >= 0.3 is 0 Å². The van der Waals surface area contributed by atoms with E-state index in [1.54, 1.807) is 24.0 Å². The highest BCUT2D eigenvalue weighted by molar-refractivity contribution is 7.98. The smallest absolute Gasteiger partial charge is 0.221 e. The number of phenols is 1. The van der Waals surface area contributed by atoms with Crippen molar-refractivity contribution in [3.63, 3.8) is 0 Å². The summed E-state index contributed by atoms with van der Waals surface area (Å²) in [6.07, 6.45) is 3.97. The number of hydrogen-bond donors (Lipinski definition) is 2. The second-order valence-electron chi connectivity index (χ2n) is 5.63. The monoisotopic (exact) mass is 328 g/mol. The fraction of sp³-hybridized carbons (Fsp3) is 0.333. The van der Waals surface area contributed by atoms with Crippen LogP contribution in [-0.4, -0.2) is 21.8 Å². The Labute approximate surface area is 140 Å². The number of pyridine rings is 1. The average Bonchev–Trinajstić information content (AvgIpc) is 2.97. The van der Waals surface area contributed by atoms with Gasteiger partial charge in [0.05, 0.1) is 11.7 Å². The Balaban J connectivity index is 1.43. The molecule has 1 aromatic carbocycles. The molecule has 0 bridgehead atoms. The minimum Gasteiger partial charge on any atom is -0.508 e. The van der Waals surface area contributed by atoms with Gasteiger partial charge in [0.1, 0.15) is 5.75 Å². The van der Waals surface area contributed by atoms with Gasteiger partial charge in [-0.15, -0.1) is 0 Å². The number of benzene rings is 1. The summed E-state index contributed by atoms with van der Waals surface area (Å²) in [5.74, 6) is 2.01. The van der Waals surface area contributed by atoms with Gasteiger partial charge in [0, 0.05) is 24.1 Å². The van der Waals surface area contributed by atoms with Crippen molar-refractivity contribution in [1.82, 2.24) is 10.3 Å². The largest absolute Gasteiger partial charge is 0.508 e. The third kappa shape index (κ3) is 4.05. The summed E-state index contributed by atoms with van der Waals surface area (Å²) >= 11 is 1.72. The van der Waals surface area contributed by atoms with Crippen LogP contribution in [0.25, 0.3) is 0 Å². The molecule has 0 saturated heterocycles. The first-order valence-electron chi connectivity index (χ1n) is 7.82. The molecule has 5 heteroatoms. The molecular formula is C18H20N2O2S. The highest BCUT2D eigenvalue weighted by Gasteiger charge is 2.25. The Hall–Kier alpha value is -2.01. The van der Waals surface area contributed by atoms with Crippen LogP contribution >= 0.6 is 11.8 Å². The normalized spacial score (nSPS) is 16.1. The Morgan fingerprint density at radius 1 is 1.30 bits per heavy atom. The summed E-state index contributed by atoms with van der Waals surface area (Å²) in [6, 6.07) is 11.4. The maximum absolute atomic E-state index is 12.1. The van der Waals surface area contributed by atoms with Gasteiger partial charge in [-0.1, -0.05) is 18.2 Å². The molecule has 1 aliphatic carbocycles. The molecule has 1 aliphatic rings. The molecule has 120 valence electrons. The lowest BCUT2D eigenvalue weighted by atomic mass is 10.1. The SMILES string of the molecule is O=C(CCSCc1ccccn1)N[C@H]1CCc2c(O)cccc21. The lowest BCUT2D eigenvalue weighted by molar-refractivity contribution is -0.121. The van der Waals surface area contributed by atoms with E-state index in [0.29, 0.717) is 12.2 Å². The van der Waals surface area contributed by atoms with Crippen molar-refractivity contribution in [3.8, 4) is 5.75 Å². The van der Waals surface area contributed by atoms with Gasteiger partial charge in [-0.3, -0.25) is 9.78 Å². The molecule has 1 atom stereocenters. The molecule has 3 rings (SSSR count). The molecule has 2 aromatic rings. The van der Waals surface area contributed by atoms with Gasteiger partial charge in [-0.25, -0.2) is 0 Å². The second-order valence-corrected chi connectivity index (χ2v) is 6.73. The summed E-state index contributed by atoms with van der Waals surface area (Å²) in [7, 11) is 0. The predicted molar refractivity (Wildman–Crippen MR) is 92.3 cm³/mol. The van der Waals surface area contributed by atoms with Crippen LogP contribution in [0.15, 0.2) is 42.6 Å². The number of fused-ring (bicyclic) bond motifs is 1. The summed E-state index contributed by atoms with van der Waals surface area (Å²) in [5, 5.41) is 12.9. The molecule has 0 aliphatic heterocycles. The van der Waals surface area contributed by atoms with E-state index in [4.69, 9.17) is 0 Å². The van der Waals surface area contributed by atoms with Crippen molar-refractivity contribution in [2.75, 3.05) is 5.75 Å². The van der Waals surface area contributed by atoms with E-state index in [1.807, 2.05) is 30.3 Å². The molecule has 1 amide bonds. The average molecular weight is 328 g/mol. The van der Waals surface area contributed by atoms with Crippen molar-refractivity contribution < 1.29 is 9.90 Å². The number of amides is 1. The lowest BCUT2D eigenvalue weighted by Gasteiger charge is -2.14. The molecule has 1 aromatic heterocycles. The van der Waals surface area contributed by atoms with Gasteiger partial charge in [0.2, 0.25) is 5.91 Å². The highest BCUT2D eigenvalue weighted by Crippen LogP contribution is 2.36. The molecule has 0 radical (unpaired) electrons. The van der Waals surface area contributed by atoms with Crippen molar-refractivity contribution in [2.24, 2.45) is 0 Å². The number of carbonyl (C=O) groups excluding carboxylic acids is 1.